The van der Waals surface area contributed by atoms with Crippen LogP contribution in [0.5, 0.6) is 0 Å². The van der Waals surface area contributed by atoms with Crippen molar-refractivity contribution in [2.75, 3.05) is 11.4 Å². The van der Waals surface area contributed by atoms with E-state index >= 15 is 0 Å². The molecule has 108 valence electrons. The number of benzene rings is 1. The van der Waals surface area contributed by atoms with Crippen molar-refractivity contribution in [3.63, 3.8) is 0 Å². The van der Waals surface area contributed by atoms with Gasteiger partial charge in [0.25, 0.3) is 10.0 Å². The molecule has 0 unspecified atom stereocenters. The molecule has 2 rings (SSSR count). The van der Waals surface area contributed by atoms with Gasteiger partial charge in [0.1, 0.15) is 4.90 Å². The summed E-state index contributed by atoms with van der Waals surface area (Å²) < 4.78 is 26.3. The molecule has 0 aliphatic carbocycles. The van der Waals surface area contributed by atoms with Gasteiger partial charge in [-0.3, -0.25) is 4.31 Å². The SMILES string of the molecule is CCc1ccc(N(C)S(=O)(=O)c2ccsc2CO)cc1. The van der Waals surface area contributed by atoms with E-state index in [-0.39, 0.29) is 11.5 Å². The van der Waals surface area contributed by atoms with E-state index in [1.807, 2.05) is 19.1 Å². The Labute approximate surface area is 123 Å². The molecule has 0 aliphatic heterocycles. The molecule has 0 saturated heterocycles. The van der Waals surface area contributed by atoms with Crippen LogP contribution in [0, 0.1) is 0 Å². The average Bonchev–Trinajstić information content (AvgIpc) is 2.95. The summed E-state index contributed by atoms with van der Waals surface area (Å²) in [7, 11) is -2.10. The molecule has 0 bridgehead atoms. The minimum atomic E-state index is -3.63. The van der Waals surface area contributed by atoms with Crippen LogP contribution >= 0.6 is 11.3 Å². The lowest BCUT2D eigenvalue weighted by molar-refractivity contribution is 0.282. The van der Waals surface area contributed by atoms with E-state index in [1.54, 1.807) is 17.5 Å². The van der Waals surface area contributed by atoms with Crippen LogP contribution < -0.4 is 4.31 Å². The van der Waals surface area contributed by atoms with E-state index in [4.69, 9.17) is 0 Å². The van der Waals surface area contributed by atoms with Crippen LogP contribution in [0.1, 0.15) is 17.4 Å². The average molecular weight is 311 g/mol. The van der Waals surface area contributed by atoms with Crippen molar-refractivity contribution in [2.24, 2.45) is 0 Å². The van der Waals surface area contributed by atoms with Gasteiger partial charge in [-0.1, -0.05) is 19.1 Å². The fourth-order valence-corrected chi connectivity index (χ4v) is 4.36. The summed E-state index contributed by atoms with van der Waals surface area (Å²) in [5.41, 5.74) is 1.77. The standard InChI is InChI=1S/C14H17NO3S2/c1-3-11-4-6-12(7-5-11)15(2)20(17,18)14-8-9-19-13(14)10-16/h4-9,16H,3,10H2,1-2H3. The molecule has 1 heterocycles. The minimum absolute atomic E-state index is 0.173. The number of thiophene rings is 1. The molecule has 0 fully saturated rings. The first kappa shape index (κ1) is 15.0. The van der Waals surface area contributed by atoms with Gasteiger partial charge in [-0.25, -0.2) is 8.42 Å². The van der Waals surface area contributed by atoms with Crippen LogP contribution in [-0.2, 0) is 23.1 Å². The molecule has 20 heavy (non-hydrogen) atoms. The Balaban J connectivity index is 2.38. The maximum Gasteiger partial charge on any atom is 0.265 e. The van der Waals surface area contributed by atoms with Crippen molar-refractivity contribution in [1.29, 1.82) is 0 Å². The number of rotatable bonds is 5. The number of aliphatic hydroxyl groups excluding tert-OH is 1. The predicted molar refractivity (Wildman–Crippen MR) is 81.7 cm³/mol. The second kappa shape index (κ2) is 5.95. The first-order chi connectivity index (χ1) is 9.50. The number of nitrogens with zero attached hydrogens (tertiary/aromatic N) is 1. The molecule has 1 N–H and O–H groups in total. The van der Waals surface area contributed by atoms with E-state index in [9.17, 15) is 13.5 Å². The molecule has 0 atom stereocenters. The van der Waals surface area contributed by atoms with Crippen LogP contribution in [0.25, 0.3) is 0 Å². The second-order valence-corrected chi connectivity index (χ2v) is 7.30. The maximum atomic E-state index is 12.5. The number of sulfonamides is 1. The van der Waals surface area contributed by atoms with Gasteiger partial charge in [-0.2, -0.15) is 0 Å². The lowest BCUT2D eigenvalue weighted by atomic mass is 10.1. The molecule has 0 saturated carbocycles. The molecule has 0 amide bonds. The van der Waals surface area contributed by atoms with Gasteiger partial charge in [0.2, 0.25) is 0 Å². The van der Waals surface area contributed by atoms with E-state index in [0.717, 1.165) is 12.0 Å². The Morgan fingerprint density at radius 1 is 1.20 bits per heavy atom. The molecule has 1 aromatic carbocycles. The molecule has 0 radical (unpaired) electrons. The number of aliphatic hydroxyl groups is 1. The smallest absolute Gasteiger partial charge is 0.265 e. The maximum absolute atomic E-state index is 12.5. The van der Waals surface area contributed by atoms with Crippen LogP contribution in [0.2, 0.25) is 0 Å². The van der Waals surface area contributed by atoms with Crippen LogP contribution in [0.4, 0.5) is 5.69 Å². The summed E-state index contributed by atoms with van der Waals surface area (Å²) in [4.78, 5) is 0.633. The van der Waals surface area contributed by atoms with E-state index in [2.05, 4.69) is 0 Å². The minimum Gasteiger partial charge on any atom is -0.391 e. The van der Waals surface area contributed by atoms with Crippen molar-refractivity contribution in [2.45, 2.75) is 24.8 Å². The molecule has 1 aromatic heterocycles. The van der Waals surface area contributed by atoms with Gasteiger partial charge in [-0.05, 0) is 35.6 Å². The lowest BCUT2D eigenvalue weighted by Gasteiger charge is -2.19. The zero-order valence-corrected chi connectivity index (χ0v) is 13.0. The fourth-order valence-electron chi connectivity index (χ4n) is 1.90. The van der Waals surface area contributed by atoms with E-state index in [1.165, 1.54) is 28.8 Å². The van der Waals surface area contributed by atoms with Crippen molar-refractivity contribution in [3.8, 4) is 0 Å². The fraction of sp³-hybridized carbons (Fsp3) is 0.286. The molecule has 4 nitrogen and oxygen atoms in total. The van der Waals surface area contributed by atoms with Gasteiger partial charge < -0.3 is 5.11 Å². The summed E-state index contributed by atoms with van der Waals surface area (Å²) in [6, 6.07) is 8.95. The van der Waals surface area contributed by atoms with Crippen LogP contribution in [0.15, 0.2) is 40.6 Å². The second-order valence-electron chi connectivity index (χ2n) is 4.36. The topological polar surface area (TPSA) is 57.6 Å². The van der Waals surface area contributed by atoms with Gasteiger partial charge in [0.15, 0.2) is 0 Å². The molecule has 2 aromatic rings. The van der Waals surface area contributed by atoms with E-state index in [0.29, 0.717) is 10.6 Å². The highest BCUT2D eigenvalue weighted by atomic mass is 32.2. The van der Waals surface area contributed by atoms with Crippen molar-refractivity contribution >= 4 is 27.0 Å². The number of hydrogen-bond acceptors (Lipinski definition) is 4. The molecule has 0 aliphatic rings. The summed E-state index contributed by atoms with van der Waals surface area (Å²) in [5, 5.41) is 10.9. The van der Waals surface area contributed by atoms with Gasteiger partial charge in [0, 0.05) is 7.05 Å². The Morgan fingerprint density at radius 3 is 2.40 bits per heavy atom. The monoisotopic (exact) mass is 311 g/mol. The van der Waals surface area contributed by atoms with Crippen LogP contribution in [0.3, 0.4) is 0 Å². The highest BCUT2D eigenvalue weighted by Crippen LogP contribution is 2.28. The molecule has 6 heteroatoms. The highest BCUT2D eigenvalue weighted by molar-refractivity contribution is 7.93. The summed E-state index contributed by atoms with van der Waals surface area (Å²) in [5.74, 6) is 0. The third-order valence-electron chi connectivity index (χ3n) is 3.19. The van der Waals surface area contributed by atoms with E-state index < -0.39 is 10.0 Å². The largest absolute Gasteiger partial charge is 0.391 e. The first-order valence-corrected chi connectivity index (χ1v) is 8.57. The van der Waals surface area contributed by atoms with Gasteiger partial charge in [-0.15, -0.1) is 11.3 Å². The van der Waals surface area contributed by atoms with Crippen LogP contribution in [-0.4, -0.2) is 20.6 Å². The highest BCUT2D eigenvalue weighted by Gasteiger charge is 2.24. The Kier molecular flexibility index (Phi) is 4.47. The zero-order chi connectivity index (χ0) is 14.8. The number of hydrogen-bond donors (Lipinski definition) is 1. The zero-order valence-electron chi connectivity index (χ0n) is 11.4. The first-order valence-electron chi connectivity index (χ1n) is 6.25. The Hall–Kier alpha value is -1.37. The van der Waals surface area contributed by atoms with Crippen molar-refractivity contribution < 1.29 is 13.5 Å². The molecular weight excluding hydrogens is 294 g/mol. The normalized spacial score (nSPS) is 11.6. The summed E-state index contributed by atoms with van der Waals surface area (Å²) in [6.07, 6.45) is 0.913. The number of aryl methyl sites for hydroxylation is 1. The summed E-state index contributed by atoms with van der Waals surface area (Å²) >= 11 is 1.24. The quantitative estimate of drug-likeness (QED) is 0.923. The van der Waals surface area contributed by atoms with Gasteiger partial charge in [0.05, 0.1) is 17.2 Å². The molecule has 0 spiro atoms. The number of anilines is 1. The molecular formula is C14H17NO3S2. The lowest BCUT2D eigenvalue weighted by Crippen LogP contribution is -2.26. The Morgan fingerprint density at radius 2 is 1.85 bits per heavy atom. The third-order valence-corrected chi connectivity index (χ3v) is 6.10. The predicted octanol–water partition coefficient (Wildman–Crippen LogP) is 2.63. The Bertz CT molecular complexity index is 675. The van der Waals surface area contributed by atoms with Crippen molar-refractivity contribution in [3.05, 3.63) is 46.2 Å². The summed E-state index contributed by atoms with van der Waals surface area (Å²) in [6.45, 7) is 1.78. The van der Waals surface area contributed by atoms with Gasteiger partial charge >= 0.3 is 0 Å². The third kappa shape index (κ3) is 2.72. The van der Waals surface area contributed by atoms with Crippen molar-refractivity contribution in [1.82, 2.24) is 0 Å².